The van der Waals surface area contributed by atoms with Crippen LogP contribution in [0.25, 0.3) is 11.3 Å². The Labute approximate surface area is 131 Å². The van der Waals surface area contributed by atoms with Crippen LogP contribution in [0.4, 0.5) is 0 Å². The van der Waals surface area contributed by atoms with Crippen molar-refractivity contribution in [3.63, 3.8) is 0 Å². The molecule has 1 N–H and O–H groups in total. The van der Waals surface area contributed by atoms with Crippen LogP contribution < -0.4 is 9.47 Å². The van der Waals surface area contributed by atoms with E-state index in [1.54, 1.807) is 12.1 Å². The third kappa shape index (κ3) is 2.74. The van der Waals surface area contributed by atoms with Gasteiger partial charge in [-0.25, -0.2) is 4.79 Å². The van der Waals surface area contributed by atoms with E-state index in [-0.39, 0.29) is 17.6 Å². The van der Waals surface area contributed by atoms with Crippen molar-refractivity contribution >= 4 is 17.6 Å². The monoisotopic (exact) mass is 323 g/mol. The van der Waals surface area contributed by atoms with Crippen molar-refractivity contribution in [1.29, 1.82) is 0 Å². The topological polar surface area (TPSA) is 81.8 Å². The van der Waals surface area contributed by atoms with Gasteiger partial charge in [-0.05, 0) is 25.3 Å². The number of carboxylic acid groups (broad SMARTS) is 1. The summed E-state index contributed by atoms with van der Waals surface area (Å²) < 4.78 is 16.4. The number of carbonyl (C=O) groups is 1. The number of hydrogen-bond acceptors (Lipinski definition) is 5. The fourth-order valence-electron chi connectivity index (χ4n) is 2.18. The highest BCUT2D eigenvalue weighted by molar-refractivity contribution is 6.31. The zero-order valence-electron chi connectivity index (χ0n) is 11.8. The molecule has 0 saturated heterocycles. The van der Waals surface area contributed by atoms with Gasteiger partial charge in [-0.15, -0.1) is 0 Å². The minimum absolute atomic E-state index is 0.121. The Morgan fingerprint density at radius 2 is 2.18 bits per heavy atom. The van der Waals surface area contributed by atoms with Crippen molar-refractivity contribution < 1.29 is 23.9 Å². The third-order valence-corrected chi connectivity index (χ3v) is 3.79. The Kier molecular flexibility index (Phi) is 3.94. The normalized spacial score (nSPS) is 14.5. The molecule has 0 radical (unpaired) electrons. The molecule has 1 aromatic heterocycles. The average molecular weight is 324 g/mol. The van der Waals surface area contributed by atoms with Gasteiger partial charge in [-0.3, -0.25) is 0 Å². The predicted molar refractivity (Wildman–Crippen MR) is 78.7 cm³/mol. The number of methoxy groups -OCH3 is 1. The minimum Gasteiger partial charge on any atom is -0.493 e. The van der Waals surface area contributed by atoms with E-state index in [0.717, 1.165) is 19.3 Å². The molecular weight excluding hydrogens is 310 g/mol. The quantitative estimate of drug-likeness (QED) is 0.904. The Hall–Kier alpha value is -2.21. The van der Waals surface area contributed by atoms with E-state index in [0.29, 0.717) is 22.1 Å². The van der Waals surface area contributed by atoms with Gasteiger partial charge in [0.2, 0.25) is 0 Å². The van der Waals surface area contributed by atoms with Gasteiger partial charge in [0.15, 0.2) is 23.0 Å². The molecule has 2 aromatic rings. The van der Waals surface area contributed by atoms with Crippen molar-refractivity contribution in [3.05, 3.63) is 28.9 Å². The summed E-state index contributed by atoms with van der Waals surface area (Å²) in [4.78, 5) is 10.9. The molecule has 1 aliphatic rings. The summed E-state index contributed by atoms with van der Waals surface area (Å²) in [6.45, 7) is 0. The van der Waals surface area contributed by atoms with Crippen LogP contribution in [0.3, 0.4) is 0 Å². The zero-order valence-corrected chi connectivity index (χ0v) is 12.6. The number of ether oxygens (including phenoxy) is 2. The summed E-state index contributed by atoms with van der Waals surface area (Å²) in [7, 11) is 1.52. The van der Waals surface area contributed by atoms with Crippen molar-refractivity contribution in [3.8, 4) is 22.8 Å². The first-order valence-corrected chi connectivity index (χ1v) is 7.21. The molecule has 0 amide bonds. The molecule has 1 aliphatic carbocycles. The molecule has 0 bridgehead atoms. The highest BCUT2D eigenvalue weighted by Gasteiger charge is 2.25. The molecule has 0 spiro atoms. The summed E-state index contributed by atoms with van der Waals surface area (Å²) >= 11 is 6.09. The Bertz CT molecular complexity index is 708. The number of hydrogen-bond donors (Lipinski definition) is 1. The van der Waals surface area contributed by atoms with Crippen molar-refractivity contribution in [2.75, 3.05) is 7.11 Å². The molecule has 6 nitrogen and oxygen atoms in total. The molecule has 7 heteroatoms. The second-order valence-electron chi connectivity index (χ2n) is 5.04. The van der Waals surface area contributed by atoms with Crippen LogP contribution in [0.15, 0.2) is 22.7 Å². The van der Waals surface area contributed by atoms with Gasteiger partial charge < -0.3 is 19.1 Å². The molecule has 0 atom stereocenters. The van der Waals surface area contributed by atoms with Crippen molar-refractivity contribution in [2.24, 2.45) is 0 Å². The Morgan fingerprint density at radius 3 is 2.73 bits per heavy atom. The van der Waals surface area contributed by atoms with E-state index in [4.69, 9.17) is 30.7 Å². The van der Waals surface area contributed by atoms with Gasteiger partial charge >= 0.3 is 5.97 Å². The van der Waals surface area contributed by atoms with Gasteiger partial charge in [-0.1, -0.05) is 16.8 Å². The number of halogens is 1. The van der Waals surface area contributed by atoms with Gasteiger partial charge in [0.05, 0.1) is 18.8 Å². The van der Waals surface area contributed by atoms with Crippen molar-refractivity contribution in [1.82, 2.24) is 5.16 Å². The van der Waals surface area contributed by atoms with E-state index in [1.807, 2.05) is 0 Å². The van der Waals surface area contributed by atoms with E-state index in [1.165, 1.54) is 13.2 Å². The third-order valence-electron chi connectivity index (χ3n) is 3.57. The Morgan fingerprint density at radius 1 is 1.41 bits per heavy atom. The zero-order chi connectivity index (χ0) is 15.7. The number of nitrogens with zero attached hydrogens (tertiary/aromatic N) is 1. The van der Waals surface area contributed by atoms with E-state index < -0.39 is 5.97 Å². The SMILES string of the molecule is COc1cc(Cl)cc(-c2cc(C(=O)O)no2)c1OC1CCC1. The average Bonchev–Trinajstić information content (AvgIpc) is 2.92. The lowest BCUT2D eigenvalue weighted by atomic mass is 9.96. The second kappa shape index (κ2) is 5.88. The first-order chi connectivity index (χ1) is 10.6. The van der Waals surface area contributed by atoms with E-state index in [9.17, 15) is 4.79 Å². The van der Waals surface area contributed by atoms with Gasteiger partial charge in [0.25, 0.3) is 0 Å². The second-order valence-corrected chi connectivity index (χ2v) is 5.47. The lowest BCUT2D eigenvalue weighted by molar-refractivity contribution is 0.0686. The predicted octanol–water partition coefficient (Wildman–Crippen LogP) is 3.63. The summed E-state index contributed by atoms with van der Waals surface area (Å²) in [5.74, 6) is 0.0744. The number of carboxylic acids is 1. The van der Waals surface area contributed by atoms with E-state index in [2.05, 4.69) is 5.16 Å². The fraction of sp³-hybridized carbons (Fsp3) is 0.333. The van der Waals surface area contributed by atoms with Crippen LogP contribution >= 0.6 is 11.6 Å². The van der Waals surface area contributed by atoms with Crippen LogP contribution in [-0.4, -0.2) is 29.4 Å². The van der Waals surface area contributed by atoms with Crippen LogP contribution in [0.2, 0.25) is 5.02 Å². The molecule has 1 heterocycles. The summed E-state index contributed by atoms with van der Waals surface area (Å²) in [5.41, 5.74) is 0.347. The van der Waals surface area contributed by atoms with E-state index >= 15 is 0 Å². The highest BCUT2D eigenvalue weighted by atomic mass is 35.5. The van der Waals surface area contributed by atoms with Gasteiger partial charge in [0.1, 0.15) is 0 Å². The highest BCUT2D eigenvalue weighted by Crippen LogP contribution is 2.43. The largest absolute Gasteiger partial charge is 0.493 e. The lowest BCUT2D eigenvalue weighted by Crippen LogP contribution is -2.25. The number of aromatic carboxylic acids is 1. The van der Waals surface area contributed by atoms with Gasteiger partial charge in [-0.2, -0.15) is 0 Å². The van der Waals surface area contributed by atoms with Crippen LogP contribution in [0.5, 0.6) is 11.5 Å². The molecule has 1 fully saturated rings. The fourth-order valence-corrected chi connectivity index (χ4v) is 2.39. The minimum atomic E-state index is -1.16. The number of aromatic nitrogens is 1. The molecular formula is C15H14ClNO5. The first kappa shape index (κ1) is 14.7. The molecule has 1 saturated carbocycles. The first-order valence-electron chi connectivity index (χ1n) is 6.83. The maximum atomic E-state index is 10.9. The van der Waals surface area contributed by atoms with Crippen LogP contribution in [0.1, 0.15) is 29.8 Å². The van der Waals surface area contributed by atoms with Crippen LogP contribution in [0, 0.1) is 0 Å². The number of rotatable bonds is 5. The molecule has 22 heavy (non-hydrogen) atoms. The maximum Gasteiger partial charge on any atom is 0.358 e. The Balaban J connectivity index is 2.06. The molecule has 116 valence electrons. The molecule has 3 rings (SSSR count). The maximum absolute atomic E-state index is 10.9. The van der Waals surface area contributed by atoms with Crippen molar-refractivity contribution in [2.45, 2.75) is 25.4 Å². The molecule has 0 aliphatic heterocycles. The summed E-state index contributed by atoms with van der Waals surface area (Å²) in [5, 5.41) is 12.9. The summed E-state index contributed by atoms with van der Waals surface area (Å²) in [6, 6.07) is 4.62. The lowest BCUT2D eigenvalue weighted by Gasteiger charge is -2.28. The molecule has 0 unspecified atom stereocenters. The smallest absolute Gasteiger partial charge is 0.358 e. The van der Waals surface area contributed by atoms with Crippen LogP contribution in [-0.2, 0) is 0 Å². The van der Waals surface area contributed by atoms with Gasteiger partial charge in [0, 0.05) is 17.2 Å². The number of benzene rings is 1. The molecule has 1 aromatic carbocycles. The standard InChI is InChI=1S/C15H14ClNO5/c1-20-13-6-8(16)5-10(14(13)21-9-3-2-4-9)12-7-11(15(18)19)17-22-12/h5-7,9H,2-4H2,1H3,(H,18,19). The summed E-state index contributed by atoms with van der Waals surface area (Å²) in [6.07, 6.45) is 3.20.